The molecule has 108 valence electrons. The normalized spacial score (nSPS) is 21.9. The van der Waals surface area contributed by atoms with Crippen LogP contribution in [0, 0.1) is 13.8 Å². The zero-order valence-corrected chi connectivity index (χ0v) is 11.5. The molecule has 0 radical (unpaired) electrons. The number of urea groups is 1. The number of rotatable bonds is 2. The molecular weight excluding hydrogens is 260 g/mol. The van der Waals surface area contributed by atoms with Crippen LogP contribution in [-0.2, 0) is 4.79 Å². The molecule has 0 bridgehead atoms. The van der Waals surface area contributed by atoms with Gasteiger partial charge in [-0.2, -0.15) is 0 Å². The fourth-order valence-electron chi connectivity index (χ4n) is 2.41. The number of aliphatic hydroxyl groups is 1. The maximum atomic E-state index is 12.2. The van der Waals surface area contributed by atoms with E-state index in [1.165, 1.54) is 0 Å². The molecule has 1 unspecified atom stereocenters. The Morgan fingerprint density at radius 1 is 1.35 bits per heavy atom. The van der Waals surface area contributed by atoms with Gasteiger partial charge in [0.25, 0.3) is 0 Å². The van der Waals surface area contributed by atoms with Gasteiger partial charge in [0, 0.05) is 18.7 Å². The highest BCUT2D eigenvalue weighted by atomic mass is 16.4. The number of β-amino-alcohol motifs (C(OH)–C–C–N with tert-alkyl or cyclic N) is 1. The lowest BCUT2D eigenvalue weighted by Gasteiger charge is -2.22. The van der Waals surface area contributed by atoms with E-state index in [0.717, 1.165) is 16.0 Å². The first-order valence-corrected chi connectivity index (χ1v) is 6.44. The zero-order chi connectivity index (χ0) is 14.9. The number of nitrogens with one attached hydrogen (secondary N) is 1. The molecule has 6 heteroatoms. The molecule has 1 saturated heterocycles. The van der Waals surface area contributed by atoms with Gasteiger partial charge in [-0.05, 0) is 25.5 Å². The lowest BCUT2D eigenvalue weighted by molar-refractivity contribution is -0.141. The molecule has 2 atom stereocenters. The first kappa shape index (κ1) is 14.3. The van der Waals surface area contributed by atoms with Crippen molar-refractivity contribution in [1.82, 2.24) is 4.90 Å². The number of hydrogen-bond donors (Lipinski definition) is 3. The predicted molar refractivity (Wildman–Crippen MR) is 73.7 cm³/mol. The van der Waals surface area contributed by atoms with Crippen LogP contribution in [0.1, 0.15) is 17.5 Å². The van der Waals surface area contributed by atoms with E-state index >= 15 is 0 Å². The molecule has 20 heavy (non-hydrogen) atoms. The molecule has 1 heterocycles. The van der Waals surface area contributed by atoms with Crippen LogP contribution in [0.3, 0.4) is 0 Å². The number of anilines is 1. The summed E-state index contributed by atoms with van der Waals surface area (Å²) >= 11 is 0. The maximum Gasteiger partial charge on any atom is 0.326 e. The van der Waals surface area contributed by atoms with E-state index in [0.29, 0.717) is 5.69 Å². The van der Waals surface area contributed by atoms with E-state index in [1.54, 1.807) is 6.07 Å². The van der Waals surface area contributed by atoms with Crippen LogP contribution in [0.15, 0.2) is 18.2 Å². The molecule has 0 aliphatic carbocycles. The minimum absolute atomic E-state index is 0.0354. The van der Waals surface area contributed by atoms with Gasteiger partial charge in [0.1, 0.15) is 6.04 Å². The predicted octanol–water partition coefficient (Wildman–Crippen LogP) is 1.36. The number of carboxylic acid groups (broad SMARTS) is 1. The molecule has 1 aliphatic heterocycles. The second kappa shape index (κ2) is 5.50. The van der Waals surface area contributed by atoms with E-state index < -0.39 is 24.1 Å². The molecule has 0 aromatic heterocycles. The number of aliphatic carboxylic acids is 1. The Bertz CT molecular complexity index is 544. The highest BCUT2D eigenvalue weighted by Crippen LogP contribution is 2.21. The van der Waals surface area contributed by atoms with Crippen molar-refractivity contribution in [2.45, 2.75) is 32.4 Å². The number of carboxylic acids is 1. The largest absolute Gasteiger partial charge is 0.480 e. The standard InChI is InChI=1S/C14H18N2O4/c1-8-3-4-11(9(2)5-8)15-14(20)16-7-10(17)6-12(16)13(18)19/h3-5,10,12,17H,6-7H2,1-2H3,(H,15,20)(H,18,19)/t10?,12-/m0/s1. The fourth-order valence-corrected chi connectivity index (χ4v) is 2.41. The number of benzene rings is 1. The quantitative estimate of drug-likeness (QED) is 0.762. The number of nitrogens with zero attached hydrogens (tertiary/aromatic N) is 1. The third-order valence-corrected chi connectivity index (χ3v) is 3.45. The van der Waals surface area contributed by atoms with Crippen LogP contribution in [-0.4, -0.2) is 45.8 Å². The summed E-state index contributed by atoms with van der Waals surface area (Å²) in [5.74, 6) is -1.10. The Hall–Kier alpha value is -2.08. The summed E-state index contributed by atoms with van der Waals surface area (Å²) in [6.45, 7) is 3.86. The lowest BCUT2D eigenvalue weighted by Crippen LogP contribution is -2.43. The SMILES string of the molecule is Cc1ccc(NC(=O)N2CC(O)C[C@H]2C(=O)O)c(C)c1. The number of carbonyl (C=O) groups is 2. The van der Waals surface area contributed by atoms with Gasteiger partial charge >= 0.3 is 12.0 Å². The topological polar surface area (TPSA) is 89.9 Å². The van der Waals surface area contributed by atoms with Gasteiger partial charge in [0.2, 0.25) is 0 Å². The summed E-state index contributed by atoms with van der Waals surface area (Å²) in [6.07, 6.45) is -0.726. The van der Waals surface area contributed by atoms with Crippen LogP contribution < -0.4 is 5.32 Å². The van der Waals surface area contributed by atoms with Crippen molar-refractivity contribution in [3.05, 3.63) is 29.3 Å². The Labute approximate surface area is 117 Å². The average Bonchev–Trinajstić information content (AvgIpc) is 2.75. The number of aryl methyl sites for hydroxylation is 2. The maximum absolute atomic E-state index is 12.2. The Balaban J connectivity index is 2.13. The van der Waals surface area contributed by atoms with E-state index in [-0.39, 0.29) is 13.0 Å². The van der Waals surface area contributed by atoms with Crippen LogP contribution in [0.4, 0.5) is 10.5 Å². The van der Waals surface area contributed by atoms with Gasteiger partial charge in [0.15, 0.2) is 0 Å². The van der Waals surface area contributed by atoms with Gasteiger partial charge in [0.05, 0.1) is 6.10 Å². The summed E-state index contributed by atoms with van der Waals surface area (Å²) in [7, 11) is 0. The van der Waals surface area contributed by atoms with E-state index in [1.807, 2.05) is 26.0 Å². The molecule has 1 aliphatic rings. The van der Waals surface area contributed by atoms with Crippen molar-refractivity contribution < 1.29 is 19.8 Å². The third-order valence-electron chi connectivity index (χ3n) is 3.45. The van der Waals surface area contributed by atoms with Crippen LogP contribution in [0.5, 0.6) is 0 Å². The van der Waals surface area contributed by atoms with Gasteiger partial charge in [-0.25, -0.2) is 9.59 Å². The first-order chi connectivity index (χ1) is 9.38. The molecule has 3 N–H and O–H groups in total. The molecule has 0 saturated carbocycles. The lowest BCUT2D eigenvalue weighted by atomic mass is 10.1. The second-order valence-electron chi connectivity index (χ2n) is 5.14. The van der Waals surface area contributed by atoms with Crippen molar-refractivity contribution in [3.63, 3.8) is 0 Å². The van der Waals surface area contributed by atoms with Crippen molar-refractivity contribution in [2.75, 3.05) is 11.9 Å². The third kappa shape index (κ3) is 2.91. The zero-order valence-electron chi connectivity index (χ0n) is 11.5. The van der Waals surface area contributed by atoms with Crippen molar-refractivity contribution in [1.29, 1.82) is 0 Å². The van der Waals surface area contributed by atoms with E-state index in [2.05, 4.69) is 5.32 Å². The molecule has 1 aromatic carbocycles. The summed E-state index contributed by atoms with van der Waals surface area (Å²) in [4.78, 5) is 24.4. The second-order valence-corrected chi connectivity index (χ2v) is 5.14. The summed E-state index contributed by atoms with van der Waals surface area (Å²) < 4.78 is 0. The molecule has 2 amide bonds. The number of aliphatic hydroxyl groups excluding tert-OH is 1. The molecular formula is C14H18N2O4. The highest BCUT2D eigenvalue weighted by molar-refractivity contribution is 5.93. The smallest absolute Gasteiger partial charge is 0.326 e. The van der Waals surface area contributed by atoms with Gasteiger partial charge in [-0.1, -0.05) is 17.7 Å². The summed E-state index contributed by atoms with van der Waals surface area (Å²) in [5.41, 5.74) is 2.64. The monoisotopic (exact) mass is 278 g/mol. The van der Waals surface area contributed by atoms with Gasteiger partial charge in [-0.15, -0.1) is 0 Å². The first-order valence-electron chi connectivity index (χ1n) is 6.44. The average molecular weight is 278 g/mol. The Morgan fingerprint density at radius 3 is 2.65 bits per heavy atom. The van der Waals surface area contributed by atoms with Gasteiger partial charge < -0.3 is 20.4 Å². The van der Waals surface area contributed by atoms with Crippen molar-refractivity contribution in [3.8, 4) is 0 Å². The Kier molecular flexibility index (Phi) is 3.94. The summed E-state index contributed by atoms with van der Waals surface area (Å²) in [6, 6.07) is 4.11. The van der Waals surface area contributed by atoms with E-state index in [9.17, 15) is 14.7 Å². The van der Waals surface area contributed by atoms with Gasteiger partial charge in [-0.3, -0.25) is 0 Å². The highest BCUT2D eigenvalue weighted by Gasteiger charge is 2.39. The number of likely N-dealkylation sites (tertiary alicyclic amines) is 1. The molecule has 2 rings (SSSR count). The fraction of sp³-hybridized carbons (Fsp3) is 0.429. The molecule has 1 fully saturated rings. The number of hydrogen-bond acceptors (Lipinski definition) is 3. The number of amides is 2. The minimum atomic E-state index is -1.10. The Morgan fingerprint density at radius 2 is 2.05 bits per heavy atom. The molecule has 0 spiro atoms. The van der Waals surface area contributed by atoms with E-state index in [4.69, 9.17) is 5.11 Å². The number of carbonyl (C=O) groups excluding carboxylic acids is 1. The van der Waals surface area contributed by atoms with Crippen LogP contribution in [0.2, 0.25) is 0 Å². The molecule has 6 nitrogen and oxygen atoms in total. The van der Waals surface area contributed by atoms with Crippen molar-refractivity contribution >= 4 is 17.7 Å². The van der Waals surface area contributed by atoms with Crippen LogP contribution >= 0.6 is 0 Å². The minimum Gasteiger partial charge on any atom is -0.480 e. The summed E-state index contributed by atoms with van der Waals surface area (Å²) in [5, 5.41) is 21.3. The van der Waals surface area contributed by atoms with Crippen molar-refractivity contribution in [2.24, 2.45) is 0 Å². The molecule has 1 aromatic rings. The van der Waals surface area contributed by atoms with Crippen LogP contribution in [0.25, 0.3) is 0 Å².